The molecule has 49 heavy (non-hydrogen) atoms. The van der Waals surface area contributed by atoms with E-state index in [-0.39, 0.29) is 6.71 Å². The molecule has 0 aliphatic carbocycles. The lowest BCUT2D eigenvalue weighted by Crippen LogP contribution is -2.57. The molecule has 242 valence electrons. The number of hydrogen-bond donors (Lipinski definition) is 0. The Morgan fingerprint density at radius 1 is 0.449 bits per heavy atom. The van der Waals surface area contributed by atoms with Crippen LogP contribution >= 0.6 is 11.8 Å². The van der Waals surface area contributed by atoms with Crippen molar-refractivity contribution in [3.8, 4) is 0 Å². The smallest absolute Gasteiger partial charge is 0.244 e. The van der Waals surface area contributed by atoms with Crippen LogP contribution in [-0.4, -0.2) is 6.71 Å². The molecule has 0 unspecified atom stereocenters. The Hall–Kier alpha value is -4.67. The predicted molar refractivity (Wildman–Crippen MR) is 213 cm³/mol. The second-order valence-electron chi connectivity index (χ2n) is 14.4. The van der Waals surface area contributed by atoms with E-state index in [1.54, 1.807) is 0 Å². The summed E-state index contributed by atoms with van der Waals surface area (Å²) in [4.78, 5) is 7.57. The molecule has 0 saturated heterocycles. The maximum Gasteiger partial charge on any atom is 0.244 e. The van der Waals surface area contributed by atoms with Crippen molar-refractivity contribution in [1.82, 2.24) is 0 Å². The zero-order valence-corrected chi connectivity index (χ0v) is 30.1. The standard InChI is InChI=1S/C45H43BN2S/c1-29(2)32-26-35(30(3)4)45(36(27-32)31(5)6)46-37-18-10-15-23-43(37)49-44-25-24-34(28-38(44)46)48-41-21-13-11-19-39(41)47(33-16-8-7-9-17-33)40-20-12-14-22-42(40)48/h7-31H,1-6H3. The molecule has 2 nitrogen and oxygen atoms in total. The summed E-state index contributed by atoms with van der Waals surface area (Å²) in [6.45, 7) is 14.3. The first-order chi connectivity index (χ1) is 23.8. The molecular weight excluding hydrogens is 611 g/mol. The van der Waals surface area contributed by atoms with Crippen molar-refractivity contribution in [2.45, 2.75) is 69.1 Å². The van der Waals surface area contributed by atoms with E-state index in [1.807, 2.05) is 11.8 Å². The number of fused-ring (bicyclic) bond motifs is 4. The fraction of sp³-hybridized carbons (Fsp3) is 0.200. The van der Waals surface area contributed by atoms with Gasteiger partial charge in [0.2, 0.25) is 6.71 Å². The van der Waals surface area contributed by atoms with Crippen molar-refractivity contribution < 1.29 is 0 Å². The van der Waals surface area contributed by atoms with Gasteiger partial charge in [-0.2, -0.15) is 0 Å². The number of benzene rings is 6. The van der Waals surface area contributed by atoms with Gasteiger partial charge in [-0.1, -0.05) is 142 Å². The van der Waals surface area contributed by atoms with Gasteiger partial charge in [0.25, 0.3) is 0 Å². The predicted octanol–water partition coefficient (Wildman–Crippen LogP) is 11.3. The molecule has 2 aliphatic heterocycles. The molecule has 2 aliphatic rings. The summed E-state index contributed by atoms with van der Waals surface area (Å²) in [5.74, 6) is 1.29. The summed E-state index contributed by atoms with van der Waals surface area (Å²) < 4.78 is 0. The second-order valence-corrected chi connectivity index (χ2v) is 15.4. The number of anilines is 6. The van der Waals surface area contributed by atoms with E-state index in [2.05, 4.69) is 185 Å². The molecule has 0 N–H and O–H groups in total. The fourth-order valence-corrected chi connectivity index (χ4v) is 8.94. The van der Waals surface area contributed by atoms with Gasteiger partial charge in [0.15, 0.2) is 0 Å². The van der Waals surface area contributed by atoms with Crippen molar-refractivity contribution in [1.29, 1.82) is 0 Å². The third kappa shape index (κ3) is 5.38. The molecule has 6 aromatic carbocycles. The minimum Gasteiger partial charge on any atom is -0.306 e. The SMILES string of the molecule is CC(C)c1cc(C(C)C)c(B2c3ccccc3Sc3ccc(N4c5ccccc5N(c5ccccc5)c5ccccc54)cc32)c(C(C)C)c1. The lowest BCUT2D eigenvalue weighted by molar-refractivity contribution is 0.812. The van der Waals surface area contributed by atoms with Crippen molar-refractivity contribution in [3.05, 3.63) is 150 Å². The van der Waals surface area contributed by atoms with E-state index in [4.69, 9.17) is 0 Å². The van der Waals surface area contributed by atoms with Crippen molar-refractivity contribution in [3.63, 3.8) is 0 Å². The highest BCUT2D eigenvalue weighted by Crippen LogP contribution is 2.54. The Morgan fingerprint density at radius 3 is 1.49 bits per heavy atom. The van der Waals surface area contributed by atoms with Gasteiger partial charge in [-0.25, -0.2) is 0 Å². The Bertz CT molecular complexity index is 2090. The highest BCUT2D eigenvalue weighted by Gasteiger charge is 2.37. The molecule has 0 bridgehead atoms. The first-order valence-corrected chi connectivity index (χ1v) is 18.5. The molecule has 8 rings (SSSR count). The molecular formula is C45H43BN2S. The van der Waals surface area contributed by atoms with Crippen molar-refractivity contribution in [2.24, 2.45) is 0 Å². The van der Waals surface area contributed by atoms with Crippen molar-refractivity contribution >= 4 is 69.0 Å². The van der Waals surface area contributed by atoms with Gasteiger partial charge >= 0.3 is 0 Å². The third-order valence-corrected chi connectivity index (χ3v) is 11.4. The average molecular weight is 655 g/mol. The quantitative estimate of drug-likeness (QED) is 0.165. The average Bonchev–Trinajstić information content (AvgIpc) is 3.12. The van der Waals surface area contributed by atoms with Crippen LogP contribution in [0.2, 0.25) is 0 Å². The largest absolute Gasteiger partial charge is 0.306 e. The van der Waals surface area contributed by atoms with Gasteiger partial charge in [-0.05, 0) is 95.1 Å². The van der Waals surface area contributed by atoms with Gasteiger partial charge < -0.3 is 9.80 Å². The van der Waals surface area contributed by atoms with E-state index < -0.39 is 0 Å². The summed E-state index contributed by atoms with van der Waals surface area (Å²) in [6.07, 6.45) is 0. The van der Waals surface area contributed by atoms with Crippen LogP contribution < -0.4 is 26.2 Å². The van der Waals surface area contributed by atoms with Crippen LogP contribution in [0.4, 0.5) is 34.1 Å². The Labute approximate surface area is 296 Å². The number of nitrogens with zero attached hydrogens (tertiary/aromatic N) is 2. The Morgan fingerprint density at radius 2 is 0.939 bits per heavy atom. The summed E-state index contributed by atoms with van der Waals surface area (Å²) in [5.41, 5.74) is 15.7. The molecule has 0 atom stereocenters. The summed E-state index contributed by atoms with van der Waals surface area (Å²) in [6, 6.07) is 49.7. The summed E-state index contributed by atoms with van der Waals surface area (Å²) >= 11 is 1.91. The van der Waals surface area contributed by atoms with E-state index in [9.17, 15) is 0 Å². The topological polar surface area (TPSA) is 6.48 Å². The zero-order chi connectivity index (χ0) is 33.8. The maximum atomic E-state index is 2.51. The first-order valence-electron chi connectivity index (χ1n) is 17.7. The molecule has 0 fully saturated rings. The van der Waals surface area contributed by atoms with Crippen LogP contribution in [0, 0.1) is 0 Å². The molecule has 0 saturated carbocycles. The monoisotopic (exact) mass is 654 g/mol. The van der Waals surface area contributed by atoms with Crippen LogP contribution in [0.5, 0.6) is 0 Å². The number of hydrogen-bond acceptors (Lipinski definition) is 3. The van der Waals surface area contributed by atoms with Crippen LogP contribution in [-0.2, 0) is 0 Å². The van der Waals surface area contributed by atoms with E-state index >= 15 is 0 Å². The van der Waals surface area contributed by atoms with Gasteiger partial charge in [-0.3, -0.25) is 0 Å². The minimum atomic E-state index is 0.138. The molecule has 6 aromatic rings. The van der Waals surface area contributed by atoms with Gasteiger partial charge in [0.1, 0.15) is 0 Å². The lowest BCUT2D eigenvalue weighted by atomic mass is 9.34. The zero-order valence-electron chi connectivity index (χ0n) is 29.3. The fourth-order valence-electron chi connectivity index (χ4n) is 7.83. The van der Waals surface area contributed by atoms with Gasteiger partial charge in [0, 0.05) is 21.2 Å². The minimum absolute atomic E-state index is 0.138. The third-order valence-electron chi connectivity index (χ3n) is 10.2. The maximum absolute atomic E-state index is 2.51. The summed E-state index contributed by atoms with van der Waals surface area (Å²) in [5, 5.41) is 0. The first kappa shape index (κ1) is 31.6. The Kier molecular flexibility index (Phi) is 8.16. The van der Waals surface area contributed by atoms with Crippen LogP contribution in [0.1, 0.15) is 76.0 Å². The van der Waals surface area contributed by atoms with Crippen LogP contribution in [0.25, 0.3) is 0 Å². The van der Waals surface area contributed by atoms with Gasteiger partial charge in [-0.15, -0.1) is 0 Å². The number of para-hydroxylation sites is 5. The highest BCUT2D eigenvalue weighted by molar-refractivity contribution is 8.00. The van der Waals surface area contributed by atoms with E-state index in [0.717, 1.165) is 5.69 Å². The van der Waals surface area contributed by atoms with Crippen LogP contribution in [0.15, 0.2) is 143 Å². The lowest BCUT2D eigenvalue weighted by Gasteiger charge is -2.40. The second kappa shape index (κ2) is 12.7. The molecule has 2 heterocycles. The number of rotatable bonds is 6. The molecule has 4 heteroatoms. The molecule has 0 spiro atoms. The van der Waals surface area contributed by atoms with E-state index in [1.165, 1.54) is 71.3 Å². The molecule has 0 radical (unpaired) electrons. The van der Waals surface area contributed by atoms with Gasteiger partial charge in [0.05, 0.1) is 22.7 Å². The Balaban J connectivity index is 1.37. The van der Waals surface area contributed by atoms with Crippen LogP contribution in [0.3, 0.4) is 0 Å². The highest BCUT2D eigenvalue weighted by atomic mass is 32.2. The summed E-state index contributed by atoms with van der Waals surface area (Å²) in [7, 11) is 0. The molecule has 0 amide bonds. The molecule has 0 aromatic heterocycles. The normalized spacial score (nSPS) is 13.4. The van der Waals surface area contributed by atoms with E-state index in [0.29, 0.717) is 17.8 Å². The van der Waals surface area contributed by atoms with Crippen molar-refractivity contribution in [2.75, 3.05) is 9.80 Å².